The average Bonchev–Trinajstić information content (AvgIpc) is 3.09. The Balaban J connectivity index is 1.72. The smallest absolute Gasteiger partial charge is 0.253 e. The van der Waals surface area contributed by atoms with Crippen molar-refractivity contribution in [3.8, 4) is 11.3 Å². The van der Waals surface area contributed by atoms with Crippen molar-refractivity contribution in [3.63, 3.8) is 0 Å². The molecule has 1 aromatic carbocycles. The molecule has 0 unspecified atom stereocenters. The van der Waals surface area contributed by atoms with E-state index in [9.17, 15) is 9.59 Å². The maximum absolute atomic E-state index is 12.7. The van der Waals surface area contributed by atoms with Crippen LogP contribution in [0, 0.1) is 6.92 Å². The summed E-state index contributed by atoms with van der Waals surface area (Å²) in [4.78, 5) is 34.7. The summed E-state index contributed by atoms with van der Waals surface area (Å²) in [5.41, 5.74) is 3.56. The van der Waals surface area contributed by atoms with Crippen molar-refractivity contribution in [2.75, 3.05) is 13.1 Å². The van der Waals surface area contributed by atoms with Gasteiger partial charge in [0.05, 0.1) is 5.69 Å². The molecule has 3 rings (SSSR count). The van der Waals surface area contributed by atoms with Gasteiger partial charge in [-0.1, -0.05) is 25.5 Å². The molecule has 6 nitrogen and oxygen atoms in total. The van der Waals surface area contributed by atoms with Gasteiger partial charge < -0.3 is 10.2 Å². The maximum Gasteiger partial charge on any atom is 0.253 e. The fourth-order valence-corrected chi connectivity index (χ4v) is 3.48. The van der Waals surface area contributed by atoms with Gasteiger partial charge in [0.2, 0.25) is 5.91 Å². The molecule has 2 amide bonds. The third-order valence-electron chi connectivity index (χ3n) is 4.71. The summed E-state index contributed by atoms with van der Waals surface area (Å²) in [5.74, 6) is 0.707. The van der Waals surface area contributed by atoms with Gasteiger partial charge in [-0.15, -0.1) is 0 Å². The largest absolute Gasteiger partial charge is 0.352 e. The van der Waals surface area contributed by atoms with E-state index < -0.39 is 0 Å². The summed E-state index contributed by atoms with van der Waals surface area (Å²) in [7, 11) is 0. The summed E-state index contributed by atoms with van der Waals surface area (Å²) in [6, 6.07) is 9.64. The number of carbonyl (C=O) groups excluding carboxylic acids is 2. The summed E-state index contributed by atoms with van der Waals surface area (Å²) in [5, 5.41) is 2.88. The van der Waals surface area contributed by atoms with Crippen LogP contribution in [0.3, 0.4) is 0 Å². The highest BCUT2D eigenvalue weighted by molar-refractivity contribution is 5.95. The van der Waals surface area contributed by atoms with Crippen molar-refractivity contribution >= 4 is 11.8 Å². The highest BCUT2D eigenvalue weighted by Crippen LogP contribution is 2.21. The van der Waals surface area contributed by atoms with Crippen LogP contribution in [0.5, 0.6) is 0 Å². The molecule has 1 N–H and O–H groups in total. The normalized spacial score (nSPS) is 16.4. The fourth-order valence-electron chi connectivity index (χ4n) is 3.48. The number of aromatic nitrogens is 2. The summed E-state index contributed by atoms with van der Waals surface area (Å²) < 4.78 is 0. The second-order valence-corrected chi connectivity index (χ2v) is 7.06. The van der Waals surface area contributed by atoms with E-state index in [0.717, 1.165) is 42.0 Å². The number of benzene rings is 1. The van der Waals surface area contributed by atoms with Crippen LogP contribution in [0.4, 0.5) is 0 Å². The first kappa shape index (κ1) is 19.0. The van der Waals surface area contributed by atoms with E-state index in [-0.39, 0.29) is 17.9 Å². The molecule has 0 bridgehead atoms. The molecule has 1 fully saturated rings. The molecular formula is C21H26N4O2. The van der Waals surface area contributed by atoms with Crippen molar-refractivity contribution in [2.24, 2.45) is 0 Å². The number of hydrogen-bond acceptors (Lipinski definition) is 4. The molecule has 0 aliphatic carbocycles. The average molecular weight is 366 g/mol. The molecule has 0 saturated carbocycles. The minimum absolute atomic E-state index is 0.0000536. The van der Waals surface area contributed by atoms with Crippen LogP contribution in [0.15, 0.2) is 30.3 Å². The van der Waals surface area contributed by atoms with E-state index in [0.29, 0.717) is 18.7 Å². The van der Waals surface area contributed by atoms with Crippen LogP contribution < -0.4 is 5.32 Å². The zero-order valence-electron chi connectivity index (χ0n) is 16.2. The highest BCUT2D eigenvalue weighted by atomic mass is 16.2. The van der Waals surface area contributed by atoms with Gasteiger partial charge in [0, 0.05) is 42.9 Å². The van der Waals surface area contributed by atoms with E-state index in [1.807, 2.05) is 37.3 Å². The number of hydrogen-bond donors (Lipinski definition) is 1. The topological polar surface area (TPSA) is 75.2 Å². The third kappa shape index (κ3) is 4.70. The Morgan fingerprint density at radius 2 is 1.96 bits per heavy atom. The minimum Gasteiger partial charge on any atom is -0.352 e. The van der Waals surface area contributed by atoms with E-state index in [4.69, 9.17) is 0 Å². The predicted molar refractivity (Wildman–Crippen MR) is 104 cm³/mol. The molecule has 2 aromatic rings. The van der Waals surface area contributed by atoms with Gasteiger partial charge in [-0.3, -0.25) is 9.59 Å². The maximum atomic E-state index is 12.7. The lowest BCUT2D eigenvalue weighted by Crippen LogP contribution is -2.37. The molecule has 27 heavy (non-hydrogen) atoms. The molecule has 6 heteroatoms. The lowest BCUT2D eigenvalue weighted by molar-refractivity contribution is -0.119. The lowest BCUT2D eigenvalue weighted by Gasteiger charge is -2.17. The zero-order valence-corrected chi connectivity index (χ0v) is 16.2. The number of nitrogens with zero attached hydrogens (tertiary/aromatic N) is 3. The predicted octanol–water partition coefficient (Wildman–Crippen LogP) is 2.76. The number of carbonyl (C=O) groups is 2. The fraction of sp³-hybridized carbons (Fsp3) is 0.429. The quantitative estimate of drug-likeness (QED) is 0.883. The SMILES string of the molecule is CCCc1cc(-c2ccc(C(=O)N3CC[C@@H](NC(C)=O)C3)cc2)nc(C)n1. The molecule has 1 atom stereocenters. The second kappa shape index (κ2) is 8.29. The first-order chi connectivity index (χ1) is 13.0. The van der Waals surface area contributed by atoms with Crippen LogP contribution in [-0.2, 0) is 11.2 Å². The first-order valence-corrected chi connectivity index (χ1v) is 9.47. The van der Waals surface area contributed by atoms with E-state index >= 15 is 0 Å². The standard InChI is InChI=1S/C21H26N4O2/c1-4-5-18-12-20(23-14(2)22-18)16-6-8-17(9-7-16)21(27)25-11-10-19(13-25)24-15(3)26/h6-9,12,19H,4-5,10-11,13H2,1-3H3,(H,24,26)/t19-/m1/s1. The van der Waals surface area contributed by atoms with E-state index in [1.54, 1.807) is 4.90 Å². The van der Waals surface area contributed by atoms with Gasteiger partial charge >= 0.3 is 0 Å². The van der Waals surface area contributed by atoms with Gasteiger partial charge in [0.15, 0.2) is 0 Å². The van der Waals surface area contributed by atoms with Gasteiger partial charge in [0.1, 0.15) is 5.82 Å². The Bertz CT molecular complexity index is 833. The highest BCUT2D eigenvalue weighted by Gasteiger charge is 2.27. The number of nitrogens with one attached hydrogen (secondary N) is 1. The van der Waals surface area contributed by atoms with Gasteiger partial charge in [0.25, 0.3) is 5.91 Å². The monoisotopic (exact) mass is 366 g/mol. The Labute approximate surface area is 160 Å². The van der Waals surface area contributed by atoms with Crippen LogP contribution in [-0.4, -0.2) is 45.8 Å². The van der Waals surface area contributed by atoms with E-state index in [2.05, 4.69) is 22.2 Å². The van der Waals surface area contributed by atoms with Crippen molar-refractivity contribution in [3.05, 3.63) is 47.4 Å². The van der Waals surface area contributed by atoms with Crippen LogP contribution in [0.1, 0.15) is 48.6 Å². The lowest BCUT2D eigenvalue weighted by atomic mass is 10.1. The Kier molecular flexibility index (Phi) is 5.84. The van der Waals surface area contributed by atoms with Crippen molar-refractivity contribution in [1.29, 1.82) is 0 Å². The van der Waals surface area contributed by atoms with Crippen LogP contribution >= 0.6 is 0 Å². The number of rotatable bonds is 5. The molecule has 0 spiro atoms. The number of amides is 2. The third-order valence-corrected chi connectivity index (χ3v) is 4.71. The van der Waals surface area contributed by atoms with Crippen LogP contribution in [0.2, 0.25) is 0 Å². The molecule has 1 aliphatic heterocycles. The summed E-state index contributed by atoms with van der Waals surface area (Å²) >= 11 is 0. The molecule has 1 aliphatic rings. The van der Waals surface area contributed by atoms with Gasteiger partial charge in [-0.25, -0.2) is 9.97 Å². The second-order valence-electron chi connectivity index (χ2n) is 7.06. The molecule has 2 heterocycles. The minimum atomic E-state index is -0.0544. The number of aryl methyl sites for hydroxylation is 2. The molecule has 1 aromatic heterocycles. The number of likely N-dealkylation sites (tertiary alicyclic amines) is 1. The molecule has 142 valence electrons. The van der Waals surface area contributed by atoms with Crippen LogP contribution in [0.25, 0.3) is 11.3 Å². The summed E-state index contributed by atoms with van der Waals surface area (Å²) in [6.45, 7) is 6.76. The Morgan fingerprint density at radius 3 is 2.63 bits per heavy atom. The van der Waals surface area contributed by atoms with Crippen molar-refractivity contribution < 1.29 is 9.59 Å². The Morgan fingerprint density at radius 1 is 1.22 bits per heavy atom. The molecule has 0 radical (unpaired) electrons. The molecular weight excluding hydrogens is 340 g/mol. The summed E-state index contributed by atoms with van der Waals surface area (Å²) in [6.07, 6.45) is 2.76. The van der Waals surface area contributed by atoms with Gasteiger partial charge in [-0.2, -0.15) is 0 Å². The van der Waals surface area contributed by atoms with E-state index in [1.165, 1.54) is 6.92 Å². The zero-order chi connectivity index (χ0) is 19.4. The molecule has 1 saturated heterocycles. The van der Waals surface area contributed by atoms with Crippen molar-refractivity contribution in [1.82, 2.24) is 20.2 Å². The van der Waals surface area contributed by atoms with Crippen molar-refractivity contribution in [2.45, 2.75) is 46.1 Å². The first-order valence-electron chi connectivity index (χ1n) is 9.47. The Hall–Kier alpha value is -2.76. The van der Waals surface area contributed by atoms with Gasteiger partial charge in [-0.05, 0) is 38.0 Å².